The summed E-state index contributed by atoms with van der Waals surface area (Å²) >= 11 is 6.18. The molecule has 0 bridgehead atoms. The molecule has 0 unspecified atom stereocenters. The van der Waals surface area contributed by atoms with E-state index in [1.807, 2.05) is 36.4 Å². The molecule has 0 aliphatic carbocycles. The third-order valence-corrected chi connectivity index (χ3v) is 4.04. The fraction of sp³-hybridized carbons (Fsp3) is 0.188. The van der Waals surface area contributed by atoms with Crippen LogP contribution in [0.2, 0.25) is 5.02 Å². The Labute approximate surface area is 123 Å². The average molecular weight is 287 g/mol. The van der Waals surface area contributed by atoms with Crippen molar-refractivity contribution in [3.63, 3.8) is 0 Å². The summed E-state index contributed by atoms with van der Waals surface area (Å²) in [6.07, 6.45) is 0.867. The number of amides is 1. The Hall–Kier alpha value is -2.00. The topological polar surface area (TPSA) is 46.3 Å². The molecular weight excluding hydrogens is 272 g/mol. The summed E-state index contributed by atoms with van der Waals surface area (Å²) in [5.41, 5.74) is 9.30. The van der Waals surface area contributed by atoms with Gasteiger partial charge in [0.2, 0.25) is 0 Å². The van der Waals surface area contributed by atoms with Crippen molar-refractivity contribution in [2.45, 2.75) is 13.0 Å². The molecule has 0 atom stereocenters. The maximum Gasteiger partial charge on any atom is 0.254 e. The number of nitrogens with zero attached hydrogens (tertiary/aromatic N) is 1. The van der Waals surface area contributed by atoms with Crippen molar-refractivity contribution in [2.24, 2.45) is 0 Å². The second kappa shape index (κ2) is 5.17. The molecule has 0 fully saturated rings. The molecule has 1 aliphatic rings. The van der Waals surface area contributed by atoms with Gasteiger partial charge in [-0.2, -0.15) is 0 Å². The van der Waals surface area contributed by atoms with Crippen LogP contribution in [0.15, 0.2) is 42.5 Å². The van der Waals surface area contributed by atoms with Gasteiger partial charge >= 0.3 is 0 Å². The summed E-state index contributed by atoms with van der Waals surface area (Å²) < 4.78 is 0. The van der Waals surface area contributed by atoms with E-state index in [4.69, 9.17) is 17.3 Å². The van der Waals surface area contributed by atoms with Gasteiger partial charge in [0.1, 0.15) is 0 Å². The number of nitrogens with two attached hydrogens (primary N) is 1. The summed E-state index contributed by atoms with van der Waals surface area (Å²) in [5, 5.41) is 0.608. The van der Waals surface area contributed by atoms with E-state index in [0.717, 1.165) is 23.1 Å². The Bertz CT molecular complexity index is 649. The lowest BCUT2D eigenvalue weighted by molar-refractivity contribution is 0.0727. The van der Waals surface area contributed by atoms with Crippen LogP contribution in [0.25, 0.3) is 0 Å². The second-order valence-electron chi connectivity index (χ2n) is 4.94. The first-order valence-corrected chi connectivity index (χ1v) is 6.94. The van der Waals surface area contributed by atoms with Crippen LogP contribution >= 0.6 is 11.6 Å². The number of anilines is 1. The molecular formula is C16H15ClN2O. The molecule has 1 amide bonds. The molecule has 1 aliphatic heterocycles. The Kier molecular flexibility index (Phi) is 3.36. The van der Waals surface area contributed by atoms with E-state index in [2.05, 4.69) is 0 Å². The maximum atomic E-state index is 12.5. The van der Waals surface area contributed by atoms with Crippen LogP contribution in [0.5, 0.6) is 0 Å². The quantitative estimate of drug-likeness (QED) is 0.862. The maximum absolute atomic E-state index is 12.5. The van der Waals surface area contributed by atoms with Crippen molar-refractivity contribution >= 4 is 23.2 Å². The summed E-state index contributed by atoms with van der Waals surface area (Å²) in [7, 11) is 0. The van der Waals surface area contributed by atoms with E-state index in [-0.39, 0.29) is 5.91 Å². The molecule has 0 radical (unpaired) electrons. The number of carbonyl (C=O) groups is 1. The lowest BCUT2D eigenvalue weighted by atomic mass is 9.98. The number of halogens is 1. The zero-order valence-electron chi connectivity index (χ0n) is 11.0. The normalized spacial score (nSPS) is 14.2. The highest BCUT2D eigenvalue weighted by molar-refractivity contribution is 6.31. The van der Waals surface area contributed by atoms with Crippen LogP contribution in [0, 0.1) is 0 Å². The van der Waals surface area contributed by atoms with E-state index < -0.39 is 0 Å². The van der Waals surface area contributed by atoms with Gasteiger partial charge in [0, 0.05) is 34.9 Å². The van der Waals surface area contributed by atoms with E-state index in [1.54, 1.807) is 11.0 Å². The van der Waals surface area contributed by atoms with E-state index in [9.17, 15) is 4.79 Å². The SMILES string of the molecule is Nc1cccc(Cl)c1CN1CCc2ccccc2C1=O. The highest BCUT2D eigenvalue weighted by Gasteiger charge is 2.24. The molecule has 20 heavy (non-hydrogen) atoms. The van der Waals surface area contributed by atoms with Gasteiger partial charge in [0.25, 0.3) is 5.91 Å². The molecule has 3 rings (SSSR count). The van der Waals surface area contributed by atoms with Gasteiger partial charge in [-0.25, -0.2) is 0 Å². The van der Waals surface area contributed by atoms with Crippen LogP contribution < -0.4 is 5.73 Å². The molecule has 3 nitrogen and oxygen atoms in total. The van der Waals surface area contributed by atoms with Crippen LogP contribution in [-0.4, -0.2) is 17.4 Å². The third-order valence-electron chi connectivity index (χ3n) is 3.69. The standard InChI is InChI=1S/C16H15ClN2O/c17-14-6-3-7-15(18)13(14)10-19-9-8-11-4-1-2-5-12(11)16(19)20/h1-7H,8-10,18H2. The van der Waals surface area contributed by atoms with Gasteiger partial charge in [0.15, 0.2) is 0 Å². The zero-order chi connectivity index (χ0) is 14.1. The third kappa shape index (κ3) is 2.25. The monoisotopic (exact) mass is 286 g/mol. The first-order chi connectivity index (χ1) is 9.66. The molecule has 0 aromatic heterocycles. The van der Waals surface area contributed by atoms with Gasteiger partial charge in [-0.15, -0.1) is 0 Å². The number of nitrogen functional groups attached to an aromatic ring is 1. The van der Waals surface area contributed by atoms with Gasteiger partial charge in [-0.1, -0.05) is 35.9 Å². The van der Waals surface area contributed by atoms with Gasteiger partial charge in [-0.3, -0.25) is 4.79 Å². The van der Waals surface area contributed by atoms with Crippen molar-refractivity contribution in [1.82, 2.24) is 4.90 Å². The van der Waals surface area contributed by atoms with Crippen LogP contribution in [0.4, 0.5) is 5.69 Å². The molecule has 2 N–H and O–H groups in total. The molecule has 2 aromatic rings. The van der Waals surface area contributed by atoms with Crippen molar-refractivity contribution in [3.8, 4) is 0 Å². The second-order valence-corrected chi connectivity index (χ2v) is 5.35. The highest BCUT2D eigenvalue weighted by Crippen LogP contribution is 2.26. The van der Waals surface area contributed by atoms with Crippen molar-refractivity contribution in [2.75, 3.05) is 12.3 Å². The minimum atomic E-state index is 0.0474. The number of hydrogen-bond acceptors (Lipinski definition) is 2. The van der Waals surface area contributed by atoms with E-state index in [0.29, 0.717) is 23.8 Å². The lowest BCUT2D eigenvalue weighted by Gasteiger charge is -2.29. The van der Waals surface area contributed by atoms with Crippen molar-refractivity contribution in [1.29, 1.82) is 0 Å². The summed E-state index contributed by atoms with van der Waals surface area (Å²) in [5.74, 6) is 0.0474. The van der Waals surface area contributed by atoms with Crippen molar-refractivity contribution in [3.05, 3.63) is 64.2 Å². The first kappa shape index (κ1) is 13.0. The molecule has 4 heteroatoms. The van der Waals surface area contributed by atoms with Crippen molar-refractivity contribution < 1.29 is 4.79 Å². The number of hydrogen-bond donors (Lipinski definition) is 1. The summed E-state index contributed by atoms with van der Waals surface area (Å²) in [6.45, 7) is 1.15. The first-order valence-electron chi connectivity index (χ1n) is 6.57. The van der Waals surface area contributed by atoms with E-state index >= 15 is 0 Å². The minimum absolute atomic E-state index is 0.0474. The van der Waals surface area contributed by atoms with Gasteiger partial charge < -0.3 is 10.6 Å². The molecule has 0 spiro atoms. The summed E-state index contributed by atoms with van der Waals surface area (Å²) in [4.78, 5) is 14.3. The van der Waals surface area contributed by atoms with Gasteiger partial charge in [-0.05, 0) is 30.2 Å². The van der Waals surface area contributed by atoms with Gasteiger partial charge in [0.05, 0.1) is 0 Å². The molecule has 0 saturated heterocycles. The van der Waals surface area contributed by atoms with Crippen LogP contribution in [-0.2, 0) is 13.0 Å². The molecule has 1 heterocycles. The smallest absolute Gasteiger partial charge is 0.254 e. The van der Waals surface area contributed by atoms with Crippen LogP contribution in [0.1, 0.15) is 21.5 Å². The predicted molar refractivity (Wildman–Crippen MR) is 80.8 cm³/mol. The predicted octanol–water partition coefficient (Wildman–Crippen LogP) is 3.12. The summed E-state index contributed by atoms with van der Waals surface area (Å²) in [6, 6.07) is 13.2. The Morgan fingerprint density at radius 3 is 2.75 bits per heavy atom. The Morgan fingerprint density at radius 1 is 1.15 bits per heavy atom. The molecule has 102 valence electrons. The largest absolute Gasteiger partial charge is 0.398 e. The average Bonchev–Trinajstić information content (AvgIpc) is 2.45. The Balaban J connectivity index is 1.89. The lowest BCUT2D eigenvalue weighted by Crippen LogP contribution is -2.37. The zero-order valence-corrected chi connectivity index (χ0v) is 11.7. The number of benzene rings is 2. The number of rotatable bonds is 2. The fourth-order valence-electron chi connectivity index (χ4n) is 2.56. The van der Waals surface area contributed by atoms with E-state index in [1.165, 1.54) is 0 Å². The Morgan fingerprint density at radius 2 is 1.95 bits per heavy atom. The molecule has 2 aromatic carbocycles. The van der Waals surface area contributed by atoms with Crippen LogP contribution in [0.3, 0.4) is 0 Å². The minimum Gasteiger partial charge on any atom is -0.398 e. The fourth-order valence-corrected chi connectivity index (χ4v) is 2.80. The number of carbonyl (C=O) groups excluding carboxylic acids is 1. The number of fused-ring (bicyclic) bond motifs is 1. The molecule has 0 saturated carbocycles. The highest BCUT2D eigenvalue weighted by atomic mass is 35.5.